The minimum absolute atomic E-state index is 0.00749. The first-order valence-electron chi connectivity index (χ1n) is 20.5. The third kappa shape index (κ3) is 10.7. The summed E-state index contributed by atoms with van der Waals surface area (Å²) >= 11 is 0. The van der Waals surface area contributed by atoms with E-state index in [9.17, 15) is 34.7 Å². The molecule has 334 valence electrons. The Kier molecular flexibility index (Phi) is 16.1. The molecule has 6 atom stereocenters. The van der Waals surface area contributed by atoms with Crippen LogP contribution in [0.4, 0.5) is 5.82 Å². The Morgan fingerprint density at radius 1 is 0.951 bits per heavy atom. The van der Waals surface area contributed by atoms with Crippen LogP contribution in [0.2, 0.25) is 0 Å². The highest BCUT2D eigenvalue weighted by Crippen LogP contribution is 2.60. The number of esters is 2. The maximum Gasteiger partial charge on any atom is 0.459 e. The van der Waals surface area contributed by atoms with Gasteiger partial charge in [-0.2, -0.15) is 15.4 Å². The van der Waals surface area contributed by atoms with Crippen molar-refractivity contribution in [2.45, 2.75) is 105 Å². The molecule has 3 heterocycles. The van der Waals surface area contributed by atoms with Crippen molar-refractivity contribution in [2.75, 3.05) is 25.6 Å². The molecule has 18 nitrogen and oxygen atoms in total. The van der Waals surface area contributed by atoms with E-state index in [1.807, 2.05) is 27.7 Å². The molecule has 0 aliphatic carbocycles. The summed E-state index contributed by atoms with van der Waals surface area (Å²) in [6.45, 7) is 12.6. The molecule has 5 N–H and O–H groups in total. The van der Waals surface area contributed by atoms with Crippen LogP contribution in [0.5, 0.6) is 5.75 Å². The van der Waals surface area contributed by atoms with Gasteiger partial charge < -0.3 is 34.7 Å². The number of rotatable bonds is 23. The first-order valence-corrected chi connectivity index (χ1v) is 22.0. The Morgan fingerprint density at radius 2 is 1.54 bits per heavy atom. The molecule has 2 aromatic heterocycles. The van der Waals surface area contributed by atoms with Crippen molar-refractivity contribution >= 4 is 43.0 Å². The fraction of sp³-hybridized carbons (Fsp3) is 0.595. The van der Waals surface area contributed by atoms with Crippen LogP contribution in [-0.2, 0) is 48.1 Å². The van der Waals surface area contributed by atoms with Crippen molar-refractivity contribution in [1.82, 2.24) is 19.7 Å². The van der Waals surface area contributed by atoms with Gasteiger partial charge in [0.1, 0.15) is 29.7 Å². The van der Waals surface area contributed by atoms with Gasteiger partial charge in [0.25, 0.3) is 0 Å². The monoisotopic (exact) mass is 870 g/mol. The Hall–Kier alpha value is -5.08. The summed E-state index contributed by atoms with van der Waals surface area (Å²) in [5.41, 5.74) is 0.481. The maximum absolute atomic E-state index is 15.1. The predicted octanol–water partition coefficient (Wildman–Crippen LogP) is 6.39. The molecule has 4 rings (SSSR count). The van der Waals surface area contributed by atoms with E-state index in [-0.39, 0.29) is 47.8 Å². The number of ether oxygens (including phenoxy) is 3. The minimum atomic E-state index is -4.84. The number of hydrogen-bond acceptors (Lipinski definition) is 14. The van der Waals surface area contributed by atoms with E-state index in [4.69, 9.17) is 29.0 Å². The van der Waals surface area contributed by atoms with Crippen LogP contribution in [0.3, 0.4) is 0 Å². The number of fused-ring (bicyclic) bond motifs is 1. The molecule has 1 aromatic carbocycles. The normalized spacial score (nSPS) is 20.8. The van der Waals surface area contributed by atoms with Gasteiger partial charge in [-0.1, -0.05) is 71.6 Å². The molecular formula is C42H59N6O12P. The van der Waals surface area contributed by atoms with Gasteiger partial charge in [-0.05, 0) is 63.8 Å². The van der Waals surface area contributed by atoms with Gasteiger partial charge in [-0.25, -0.2) is 14.1 Å². The fourth-order valence-corrected chi connectivity index (χ4v) is 9.25. The van der Waals surface area contributed by atoms with Gasteiger partial charge in [0, 0.05) is 11.8 Å². The number of benzene rings is 1. The largest absolute Gasteiger partial charge is 0.481 e. The summed E-state index contributed by atoms with van der Waals surface area (Å²) in [5.74, 6) is -7.08. The molecule has 1 aliphatic rings. The molecule has 1 fully saturated rings. The molecule has 1 unspecified atom stereocenters. The summed E-state index contributed by atoms with van der Waals surface area (Å²) in [4.78, 5) is 57.3. The minimum Gasteiger partial charge on any atom is -0.481 e. The first kappa shape index (κ1) is 48.6. The highest BCUT2D eigenvalue weighted by molar-refractivity contribution is 7.52. The van der Waals surface area contributed by atoms with Gasteiger partial charge in [0.05, 0.1) is 48.9 Å². The van der Waals surface area contributed by atoms with Crippen LogP contribution in [0, 0.1) is 45.8 Å². The topological polar surface area (TPSA) is 264 Å². The van der Waals surface area contributed by atoms with Crippen molar-refractivity contribution in [1.29, 1.82) is 5.26 Å². The van der Waals surface area contributed by atoms with E-state index in [0.717, 1.165) is 19.2 Å². The van der Waals surface area contributed by atoms with E-state index in [1.54, 1.807) is 18.2 Å². The molecule has 1 aliphatic heterocycles. The van der Waals surface area contributed by atoms with Crippen molar-refractivity contribution in [3.8, 4) is 11.8 Å². The van der Waals surface area contributed by atoms with E-state index in [1.165, 1.54) is 56.5 Å². The van der Waals surface area contributed by atoms with E-state index < -0.39 is 85.1 Å². The summed E-state index contributed by atoms with van der Waals surface area (Å²) in [6.07, 6.45) is 1.94. The number of nitriles is 1. The molecule has 19 heteroatoms. The number of carboxylic acid groups (broad SMARTS) is 2. The number of anilines is 1. The number of nitrogen functional groups attached to an aromatic ring is 1. The second-order valence-electron chi connectivity index (χ2n) is 16.5. The molecule has 61 heavy (non-hydrogen) atoms. The number of aliphatic carboxylic acids is 2. The van der Waals surface area contributed by atoms with Crippen LogP contribution >= 0.6 is 7.75 Å². The number of nitrogens with zero attached hydrogens (tertiary/aromatic N) is 4. The zero-order valence-electron chi connectivity index (χ0n) is 36.0. The van der Waals surface area contributed by atoms with Crippen LogP contribution < -0.4 is 15.3 Å². The quantitative estimate of drug-likeness (QED) is 0.0594. The number of para-hydroxylation sites is 1. The summed E-state index contributed by atoms with van der Waals surface area (Å²) in [6, 6.07) is 11.3. The van der Waals surface area contributed by atoms with E-state index in [0.29, 0.717) is 12.8 Å². The van der Waals surface area contributed by atoms with Gasteiger partial charge in [0.2, 0.25) is 5.60 Å². The van der Waals surface area contributed by atoms with E-state index in [2.05, 4.69) is 21.2 Å². The second-order valence-corrected chi connectivity index (χ2v) is 18.2. The number of carbonyl (C=O) groups excluding carboxylic acids is 2. The average molecular weight is 871 g/mol. The van der Waals surface area contributed by atoms with Gasteiger partial charge >= 0.3 is 31.6 Å². The Labute approximate surface area is 356 Å². The zero-order chi connectivity index (χ0) is 45.3. The predicted molar refractivity (Wildman–Crippen MR) is 222 cm³/mol. The lowest BCUT2D eigenvalue weighted by Crippen LogP contribution is -2.52. The van der Waals surface area contributed by atoms with Gasteiger partial charge in [0.15, 0.2) is 5.82 Å². The lowest BCUT2D eigenvalue weighted by Gasteiger charge is -2.42. The van der Waals surface area contributed by atoms with Crippen LogP contribution in [-0.4, -0.2) is 80.7 Å². The molecular weight excluding hydrogens is 811 g/mol. The van der Waals surface area contributed by atoms with Crippen LogP contribution in [0.15, 0.2) is 48.8 Å². The Morgan fingerprint density at radius 3 is 2.10 bits per heavy atom. The smallest absolute Gasteiger partial charge is 0.459 e. The Balaban J connectivity index is 1.84. The van der Waals surface area contributed by atoms with Crippen molar-refractivity contribution in [3.63, 3.8) is 0 Å². The number of nitrogens with two attached hydrogens (primary N) is 1. The molecule has 0 bridgehead atoms. The summed E-state index contributed by atoms with van der Waals surface area (Å²) in [5, 5.41) is 39.4. The molecule has 0 amide bonds. The fourth-order valence-electron chi connectivity index (χ4n) is 7.75. The highest BCUT2D eigenvalue weighted by Gasteiger charge is 2.68. The number of aromatic nitrogens is 3. The van der Waals surface area contributed by atoms with E-state index >= 15 is 4.57 Å². The van der Waals surface area contributed by atoms with Crippen LogP contribution in [0.25, 0.3) is 5.52 Å². The molecule has 0 radical (unpaired) electrons. The first-order chi connectivity index (χ1) is 28.7. The second kappa shape index (κ2) is 20.2. The van der Waals surface area contributed by atoms with Crippen LogP contribution in [0.1, 0.15) is 93.2 Å². The molecule has 1 saturated heterocycles. The van der Waals surface area contributed by atoms with Crippen molar-refractivity contribution in [2.24, 2.45) is 34.5 Å². The SMILES string of the molecule is CCC(CC)COC(=O)C[C@H](NP(=O)(OC[C@@H]1O[C@@](C#N)(c2ccc3c(N)ncnn23)[C@@H](C(C)(C)C(=O)O)[C@@H]1C(C)(C)C(=O)O)Oc1ccccc1)C(=O)OCC(CC)CC. The number of carboxylic acids is 2. The molecule has 0 spiro atoms. The Bertz CT molecular complexity index is 2100. The van der Waals surface area contributed by atoms with Crippen molar-refractivity contribution in [3.05, 3.63) is 54.5 Å². The molecule has 0 saturated carbocycles. The lowest BCUT2D eigenvalue weighted by atomic mass is 9.57. The van der Waals surface area contributed by atoms with Crippen molar-refractivity contribution < 1.29 is 57.2 Å². The van der Waals surface area contributed by atoms with Gasteiger partial charge in [-0.15, -0.1) is 0 Å². The lowest BCUT2D eigenvalue weighted by molar-refractivity contribution is -0.161. The summed E-state index contributed by atoms with van der Waals surface area (Å²) in [7, 11) is -4.84. The highest BCUT2D eigenvalue weighted by atomic mass is 31.2. The third-order valence-electron chi connectivity index (χ3n) is 11.9. The third-order valence-corrected chi connectivity index (χ3v) is 13.4. The number of carbonyl (C=O) groups is 4. The number of hydrogen-bond donors (Lipinski definition) is 4. The number of nitrogens with one attached hydrogen (secondary N) is 1. The summed E-state index contributed by atoms with van der Waals surface area (Å²) < 4.78 is 46.2. The zero-order valence-corrected chi connectivity index (χ0v) is 36.9. The standard InChI is InChI=1S/C42H59N6O12P/c1-9-26(10-2)21-56-33(49)20-29(37(50)57-22-27(11-3)12-4)47-61(55,60-28-16-14-13-15-17-28)58-23-31-34(40(5,6)38(51)52)35(41(7,8)39(53)54)42(24-43,59-31)32-19-18-30-36(44)45-25-46-48(30)32/h13-19,25-27,29,31,34-35H,9-12,20-23H2,1-8H3,(H,47,55)(H,51,52)(H,53,54)(H2,44,45,46)/t29-,31-,34+,35+,42-,61?/m0/s1. The molecule has 3 aromatic rings. The maximum atomic E-state index is 15.1. The van der Waals surface area contributed by atoms with Gasteiger partial charge in [-0.3, -0.25) is 23.7 Å². The average Bonchev–Trinajstić information content (AvgIpc) is 3.83.